The minimum Gasteiger partial charge on any atom is -0.464 e. The zero-order valence-corrected chi connectivity index (χ0v) is 39.3. The summed E-state index contributed by atoms with van der Waals surface area (Å²) in [5, 5.41) is 13.3. The third-order valence-electron chi connectivity index (χ3n) is 14.6. The van der Waals surface area contributed by atoms with E-state index in [1.165, 1.54) is 43.4 Å². The molecule has 6 aromatic heterocycles. The molecule has 0 unspecified atom stereocenters. The molecule has 0 amide bonds. The second-order valence-corrected chi connectivity index (χ2v) is 18.4. The molecule has 0 aliphatic heterocycles. The van der Waals surface area contributed by atoms with Gasteiger partial charge in [0.1, 0.15) is 16.7 Å². The molecule has 0 saturated carbocycles. The molecule has 0 radical (unpaired) electrons. The summed E-state index contributed by atoms with van der Waals surface area (Å²) < 4.78 is 17.0. The minimum absolute atomic E-state index is 0.760. The van der Waals surface area contributed by atoms with Crippen molar-refractivity contribution in [1.29, 1.82) is 0 Å². The highest BCUT2D eigenvalue weighted by Crippen LogP contribution is 2.44. The summed E-state index contributed by atoms with van der Waals surface area (Å²) >= 11 is 0. The van der Waals surface area contributed by atoms with Crippen molar-refractivity contribution in [2.45, 2.75) is 0 Å². The first-order chi connectivity index (χ1) is 35.4. The lowest BCUT2D eigenvalue weighted by molar-refractivity contribution is 0.615. The Bertz CT molecular complexity index is 4800. The number of fused-ring (bicyclic) bond motifs is 13. The van der Waals surface area contributed by atoms with Crippen LogP contribution in [0.25, 0.3) is 117 Å². The van der Waals surface area contributed by atoms with Crippen LogP contribution in [0.1, 0.15) is 5.56 Å². The van der Waals surface area contributed by atoms with Crippen molar-refractivity contribution >= 4 is 134 Å². The summed E-state index contributed by atoms with van der Waals surface area (Å²) in [4.78, 5) is 4.39. The lowest BCUT2D eigenvalue weighted by Gasteiger charge is -2.26. The van der Waals surface area contributed by atoms with E-state index in [0.717, 1.165) is 105 Å². The van der Waals surface area contributed by atoms with E-state index in [0.29, 0.717) is 0 Å². The lowest BCUT2D eigenvalue weighted by Crippen LogP contribution is -2.27. The maximum Gasteiger partial charge on any atom is 0.135 e. The zero-order chi connectivity index (χ0) is 48.4. The SMILES string of the molecule is C=C/C=C(\C=C)N(C(=C)/C=c1\c(=C)n2c3cc4c5cccc6c7cc(N(/C(C=C)=C/c8coc9ccccc89)c8ccccc8)ccc7n(c4cc3c3cccc1c32)c65)c1ccc2oc3ccccc3c2c1. The van der Waals surface area contributed by atoms with Gasteiger partial charge in [-0.25, -0.2) is 0 Å². The zero-order valence-electron chi connectivity index (χ0n) is 39.3. The molecule has 0 saturated heterocycles. The first-order valence-electron chi connectivity index (χ1n) is 24.0. The van der Waals surface area contributed by atoms with Gasteiger partial charge in [0.2, 0.25) is 0 Å². The first kappa shape index (κ1) is 41.2. The number of benzene rings is 8. The monoisotopic (exact) mass is 924 g/mol. The quantitative estimate of drug-likeness (QED) is 0.121. The first-order valence-corrected chi connectivity index (χ1v) is 24.0. The Labute approximate surface area is 413 Å². The van der Waals surface area contributed by atoms with Gasteiger partial charge in [0.15, 0.2) is 0 Å². The standard InChI is InChI=1S/C66H44N4O2/c1-6-18-43(7-2)67(46-30-32-64-58(36-46)49-22-13-15-28-63(49)72-64)40(4)33-54-41(5)68-60-37-57-53-26-17-24-51-55-35-47(29-31-59(55)70(66(51)53)61(57)38-56(60)52-25-16-23-50(54)65(52)68)69(45-19-10-9-11-20-45)44(8-3)34-42-39-71-62-27-14-12-21-48(42)62/h6-39H,1-5H2/b43-18+,44-34+,54-33+. The average Bonchev–Trinajstić information content (AvgIpc) is 4.27. The third-order valence-corrected chi connectivity index (χ3v) is 14.6. The highest BCUT2D eigenvalue weighted by molar-refractivity contribution is 6.27. The molecule has 0 N–H and O–H groups in total. The van der Waals surface area contributed by atoms with Gasteiger partial charge in [-0.2, -0.15) is 0 Å². The Morgan fingerprint density at radius 2 is 1.08 bits per heavy atom. The topological polar surface area (TPSA) is 41.6 Å². The molecular formula is C66H44N4O2. The van der Waals surface area contributed by atoms with Crippen molar-refractivity contribution < 1.29 is 8.83 Å². The molecule has 0 fully saturated rings. The fraction of sp³-hybridized carbons (Fsp3) is 0. The summed E-state index contributed by atoms with van der Waals surface area (Å²) in [6.45, 7) is 22.0. The molecule has 0 bridgehead atoms. The van der Waals surface area contributed by atoms with E-state index in [-0.39, 0.29) is 0 Å². The van der Waals surface area contributed by atoms with Crippen LogP contribution in [0.15, 0.2) is 247 Å². The molecule has 6 nitrogen and oxygen atoms in total. The maximum absolute atomic E-state index is 6.21. The predicted molar refractivity (Wildman–Crippen MR) is 304 cm³/mol. The maximum atomic E-state index is 6.21. The van der Waals surface area contributed by atoms with Crippen LogP contribution in [0.3, 0.4) is 0 Å². The molecule has 0 aliphatic rings. The molecule has 340 valence electrons. The van der Waals surface area contributed by atoms with Gasteiger partial charge in [-0.15, -0.1) is 0 Å². The number of rotatable bonds is 11. The van der Waals surface area contributed by atoms with E-state index in [2.05, 4.69) is 166 Å². The van der Waals surface area contributed by atoms with Gasteiger partial charge in [0.25, 0.3) is 0 Å². The molecule has 72 heavy (non-hydrogen) atoms. The van der Waals surface area contributed by atoms with Crippen LogP contribution in [0.5, 0.6) is 0 Å². The van der Waals surface area contributed by atoms with E-state index in [1.807, 2.05) is 73.0 Å². The fourth-order valence-corrected chi connectivity index (χ4v) is 11.5. The molecule has 0 atom stereocenters. The van der Waals surface area contributed by atoms with E-state index >= 15 is 0 Å². The molecule has 6 heterocycles. The lowest BCUT2D eigenvalue weighted by atomic mass is 10.0. The van der Waals surface area contributed by atoms with Gasteiger partial charge in [-0.1, -0.05) is 130 Å². The number of hydrogen-bond acceptors (Lipinski definition) is 4. The van der Waals surface area contributed by atoms with Crippen LogP contribution in [0, 0.1) is 0 Å². The Morgan fingerprint density at radius 3 is 1.82 bits per heavy atom. The van der Waals surface area contributed by atoms with Crippen molar-refractivity contribution in [1.82, 2.24) is 8.80 Å². The van der Waals surface area contributed by atoms with Crippen molar-refractivity contribution in [2.24, 2.45) is 0 Å². The third kappa shape index (κ3) is 5.84. The number of anilines is 3. The molecular weight excluding hydrogens is 881 g/mol. The number of aromatic nitrogens is 2. The van der Waals surface area contributed by atoms with Crippen LogP contribution < -0.4 is 20.4 Å². The summed E-state index contributed by atoms with van der Waals surface area (Å²) in [7, 11) is 0. The number of furan rings is 2. The second-order valence-electron chi connectivity index (χ2n) is 18.4. The highest BCUT2D eigenvalue weighted by atomic mass is 16.3. The van der Waals surface area contributed by atoms with Crippen LogP contribution >= 0.6 is 0 Å². The number of allylic oxidation sites excluding steroid dienone is 5. The van der Waals surface area contributed by atoms with Gasteiger partial charge in [-0.05, 0) is 103 Å². The van der Waals surface area contributed by atoms with Gasteiger partial charge in [0.05, 0.1) is 33.8 Å². The molecule has 0 spiro atoms. The molecule has 8 aromatic carbocycles. The number of para-hydroxylation sites is 5. The van der Waals surface area contributed by atoms with Crippen molar-refractivity contribution in [2.75, 3.05) is 9.80 Å². The van der Waals surface area contributed by atoms with Crippen molar-refractivity contribution in [3.63, 3.8) is 0 Å². The smallest absolute Gasteiger partial charge is 0.135 e. The van der Waals surface area contributed by atoms with Crippen molar-refractivity contribution in [3.05, 3.63) is 254 Å². The predicted octanol–water partition coefficient (Wildman–Crippen LogP) is 16.3. The summed E-state index contributed by atoms with van der Waals surface area (Å²) in [5.74, 6) is 0. The van der Waals surface area contributed by atoms with Gasteiger partial charge in [0, 0.05) is 104 Å². The van der Waals surface area contributed by atoms with Crippen LogP contribution in [0.4, 0.5) is 17.1 Å². The van der Waals surface area contributed by atoms with Gasteiger partial charge in [-0.3, -0.25) is 0 Å². The van der Waals surface area contributed by atoms with E-state index < -0.39 is 0 Å². The Balaban J connectivity index is 0.932. The average molecular weight is 925 g/mol. The second kappa shape index (κ2) is 15.6. The number of nitrogens with zero attached hydrogens (tertiary/aromatic N) is 4. The van der Waals surface area contributed by atoms with Crippen LogP contribution in [-0.4, -0.2) is 8.80 Å². The molecule has 14 rings (SSSR count). The van der Waals surface area contributed by atoms with Gasteiger partial charge >= 0.3 is 0 Å². The number of hydrogen-bond donors (Lipinski definition) is 0. The van der Waals surface area contributed by atoms with E-state index in [1.54, 1.807) is 6.08 Å². The van der Waals surface area contributed by atoms with Crippen LogP contribution in [0.2, 0.25) is 0 Å². The molecule has 0 aliphatic carbocycles. The summed E-state index contributed by atoms with van der Waals surface area (Å²) in [5.41, 5.74) is 14.8. The summed E-state index contributed by atoms with van der Waals surface area (Å²) in [6.07, 6.45) is 13.6. The molecule has 14 aromatic rings. The Kier molecular flexibility index (Phi) is 8.94. The van der Waals surface area contributed by atoms with Crippen LogP contribution in [-0.2, 0) is 0 Å². The minimum atomic E-state index is 0.760. The Hall–Kier alpha value is -9.78. The van der Waals surface area contributed by atoms with Crippen molar-refractivity contribution in [3.8, 4) is 0 Å². The Morgan fingerprint density at radius 1 is 0.486 bits per heavy atom. The largest absolute Gasteiger partial charge is 0.464 e. The fourth-order valence-electron chi connectivity index (χ4n) is 11.5. The normalized spacial score (nSPS) is 13.0. The summed E-state index contributed by atoms with van der Waals surface area (Å²) in [6, 6.07) is 57.9. The van der Waals surface area contributed by atoms with E-state index in [9.17, 15) is 0 Å². The highest BCUT2D eigenvalue weighted by Gasteiger charge is 2.24. The molecule has 6 heteroatoms. The van der Waals surface area contributed by atoms with E-state index in [4.69, 9.17) is 22.0 Å². The van der Waals surface area contributed by atoms with Gasteiger partial charge < -0.3 is 27.4 Å².